The second-order valence-electron chi connectivity index (χ2n) is 7.45. The molecule has 1 fully saturated rings. The molecule has 3 aromatic rings. The number of nitrogens with zero attached hydrogens (tertiary/aromatic N) is 5. The Morgan fingerprint density at radius 1 is 1.14 bits per heavy atom. The monoisotopic (exact) mass is 416 g/mol. The molecule has 0 unspecified atom stereocenters. The predicted molar refractivity (Wildman–Crippen MR) is 115 cm³/mol. The molecule has 0 bridgehead atoms. The van der Waals surface area contributed by atoms with Crippen LogP contribution in [0.3, 0.4) is 0 Å². The summed E-state index contributed by atoms with van der Waals surface area (Å²) >= 11 is 0. The van der Waals surface area contributed by atoms with E-state index in [4.69, 9.17) is 20.4 Å². The van der Waals surface area contributed by atoms with Crippen LogP contribution >= 0.6 is 12.4 Å². The number of halogens is 1. The standard InChI is InChI=1S/C20H24N6O2.ClH/c1-20(27)4-6-26(12-20)18-11-14(28-3)10-16(24-18)15-8-13(21)9-17(23-15)19-22-5-7-25(19)2;/h5,7-11,27H,4,6,12H2,1-3H3,(H2,21,23);1H/t20-;/m1./s1. The molecule has 0 aromatic carbocycles. The van der Waals surface area contributed by atoms with Gasteiger partial charge in [-0.2, -0.15) is 0 Å². The Balaban J connectivity index is 0.00000240. The summed E-state index contributed by atoms with van der Waals surface area (Å²) in [5.74, 6) is 2.15. The molecule has 0 spiro atoms. The van der Waals surface area contributed by atoms with Gasteiger partial charge in [-0.15, -0.1) is 12.4 Å². The number of imidazole rings is 1. The van der Waals surface area contributed by atoms with Crippen LogP contribution in [-0.4, -0.2) is 50.4 Å². The van der Waals surface area contributed by atoms with Crippen LogP contribution in [0.2, 0.25) is 0 Å². The highest BCUT2D eigenvalue weighted by Crippen LogP contribution is 2.32. The summed E-state index contributed by atoms with van der Waals surface area (Å²) in [7, 11) is 3.53. The summed E-state index contributed by atoms with van der Waals surface area (Å²) in [4.78, 5) is 15.9. The lowest BCUT2D eigenvalue weighted by molar-refractivity contribution is 0.0839. The first-order valence-corrected chi connectivity index (χ1v) is 9.14. The molecule has 3 aromatic heterocycles. The number of aryl methyl sites for hydroxylation is 1. The van der Waals surface area contributed by atoms with Crippen molar-refractivity contribution in [1.29, 1.82) is 0 Å². The summed E-state index contributed by atoms with van der Waals surface area (Å²) in [6.07, 6.45) is 4.28. The molecular formula is C20H25ClN6O2. The van der Waals surface area contributed by atoms with Gasteiger partial charge in [-0.25, -0.2) is 15.0 Å². The summed E-state index contributed by atoms with van der Waals surface area (Å²) < 4.78 is 7.37. The first-order chi connectivity index (χ1) is 13.3. The topological polar surface area (TPSA) is 102 Å². The average molecular weight is 417 g/mol. The first-order valence-electron chi connectivity index (χ1n) is 9.14. The Morgan fingerprint density at radius 3 is 2.48 bits per heavy atom. The van der Waals surface area contributed by atoms with Gasteiger partial charge < -0.3 is 25.0 Å². The zero-order valence-electron chi connectivity index (χ0n) is 16.7. The molecule has 1 aliphatic rings. The van der Waals surface area contributed by atoms with Crippen molar-refractivity contribution in [3.63, 3.8) is 0 Å². The Morgan fingerprint density at radius 2 is 1.86 bits per heavy atom. The lowest BCUT2D eigenvalue weighted by atomic mass is 10.1. The Bertz CT molecular complexity index is 1020. The molecule has 4 heterocycles. The highest BCUT2D eigenvalue weighted by molar-refractivity contribution is 5.85. The number of pyridine rings is 2. The van der Waals surface area contributed by atoms with Crippen molar-refractivity contribution >= 4 is 23.9 Å². The van der Waals surface area contributed by atoms with Gasteiger partial charge in [0.15, 0.2) is 5.82 Å². The summed E-state index contributed by atoms with van der Waals surface area (Å²) in [6.45, 7) is 3.09. The van der Waals surface area contributed by atoms with Crippen LogP contribution < -0.4 is 15.4 Å². The minimum atomic E-state index is -0.717. The maximum Gasteiger partial charge on any atom is 0.158 e. The molecule has 0 radical (unpaired) electrons. The van der Waals surface area contributed by atoms with E-state index in [0.29, 0.717) is 41.5 Å². The number of β-amino-alcohol motifs (C(OH)–C–C–N with tert-alkyl or cyclic N) is 1. The smallest absolute Gasteiger partial charge is 0.158 e. The number of anilines is 2. The van der Waals surface area contributed by atoms with E-state index in [-0.39, 0.29) is 12.4 Å². The van der Waals surface area contributed by atoms with E-state index in [2.05, 4.69) is 9.88 Å². The van der Waals surface area contributed by atoms with Crippen molar-refractivity contribution in [2.24, 2.45) is 7.05 Å². The van der Waals surface area contributed by atoms with Gasteiger partial charge in [-0.3, -0.25) is 0 Å². The van der Waals surface area contributed by atoms with Crippen molar-refractivity contribution < 1.29 is 9.84 Å². The van der Waals surface area contributed by atoms with Crippen LogP contribution in [0, 0.1) is 0 Å². The normalized spacial score (nSPS) is 18.6. The molecule has 1 aliphatic heterocycles. The summed E-state index contributed by atoms with van der Waals surface area (Å²) in [6, 6.07) is 7.29. The zero-order valence-corrected chi connectivity index (χ0v) is 17.5. The molecule has 1 atom stereocenters. The number of nitrogen functional groups attached to an aromatic ring is 1. The number of ether oxygens (including phenoxy) is 1. The van der Waals surface area contributed by atoms with Crippen LogP contribution in [0.1, 0.15) is 13.3 Å². The van der Waals surface area contributed by atoms with Gasteiger partial charge in [0.05, 0.1) is 24.1 Å². The van der Waals surface area contributed by atoms with Gasteiger partial charge in [0, 0.05) is 50.4 Å². The molecule has 0 aliphatic carbocycles. The third kappa shape index (κ3) is 4.28. The van der Waals surface area contributed by atoms with E-state index in [9.17, 15) is 5.11 Å². The van der Waals surface area contributed by atoms with Gasteiger partial charge >= 0.3 is 0 Å². The third-order valence-electron chi connectivity index (χ3n) is 4.96. The minimum absolute atomic E-state index is 0. The third-order valence-corrected chi connectivity index (χ3v) is 4.96. The van der Waals surface area contributed by atoms with Gasteiger partial charge in [-0.05, 0) is 25.5 Å². The van der Waals surface area contributed by atoms with E-state index in [0.717, 1.165) is 18.2 Å². The number of rotatable bonds is 4. The highest BCUT2D eigenvalue weighted by Gasteiger charge is 2.32. The SMILES string of the molecule is COc1cc(-c2cc(N)cc(-c3nccn3C)n2)nc(N2CC[C@@](C)(O)C2)c1.Cl. The van der Waals surface area contributed by atoms with Crippen molar-refractivity contribution in [3.05, 3.63) is 36.7 Å². The Labute approximate surface area is 175 Å². The van der Waals surface area contributed by atoms with Crippen LogP contribution in [0.4, 0.5) is 11.5 Å². The van der Waals surface area contributed by atoms with Crippen molar-refractivity contribution in [2.45, 2.75) is 18.9 Å². The minimum Gasteiger partial charge on any atom is -0.497 e. The molecule has 3 N–H and O–H groups in total. The molecule has 154 valence electrons. The molecule has 0 saturated carbocycles. The molecular weight excluding hydrogens is 392 g/mol. The van der Waals surface area contributed by atoms with E-state index in [1.807, 2.05) is 36.9 Å². The van der Waals surface area contributed by atoms with Crippen LogP contribution in [0.25, 0.3) is 22.9 Å². The maximum absolute atomic E-state index is 10.3. The fraction of sp³-hybridized carbons (Fsp3) is 0.350. The Hall–Kier alpha value is -2.84. The number of aliphatic hydroxyl groups is 1. The molecule has 0 amide bonds. The first kappa shape index (κ1) is 20.9. The van der Waals surface area contributed by atoms with Crippen LogP contribution in [0.5, 0.6) is 5.75 Å². The lowest BCUT2D eigenvalue weighted by Gasteiger charge is -2.21. The van der Waals surface area contributed by atoms with Crippen molar-refractivity contribution in [2.75, 3.05) is 30.8 Å². The second-order valence-corrected chi connectivity index (χ2v) is 7.45. The fourth-order valence-electron chi connectivity index (χ4n) is 3.45. The van der Waals surface area contributed by atoms with Crippen molar-refractivity contribution in [1.82, 2.24) is 19.5 Å². The maximum atomic E-state index is 10.3. The van der Waals surface area contributed by atoms with Crippen LogP contribution in [-0.2, 0) is 7.05 Å². The lowest BCUT2D eigenvalue weighted by Crippen LogP contribution is -2.30. The summed E-state index contributed by atoms with van der Waals surface area (Å²) in [5, 5.41) is 10.3. The predicted octanol–water partition coefficient (Wildman–Crippen LogP) is 2.52. The largest absolute Gasteiger partial charge is 0.497 e. The number of aromatic nitrogens is 4. The second kappa shape index (κ2) is 7.88. The van der Waals surface area contributed by atoms with Gasteiger partial charge in [0.25, 0.3) is 0 Å². The molecule has 8 nitrogen and oxygen atoms in total. The molecule has 29 heavy (non-hydrogen) atoms. The average Bonchev–Trinajstić information content (AvgIpc) is 3.25. The number of nitrogens with two attached hydrogens (primary N) is 1. The van der Waals surface area contributed by atoms with Gasteiger partial charge in [-0.1, -0.05) is 0 Å². The fourth-order valence-corrected chi connectivity index (χ4v) is 3.45. The molecule has 4 rings (SSSR count). The highest BCUT2D eigenvalue weighted by atomic mass is 35.5. The zero-order chi connectivity index (χ0) is 19.9. The van der Waals surface area contributed by atoms with Crippen molar-refractivity contribution in [3.8, 4) is 28.7 Å². The number of hydrogen-bond donors (Lipinski definition) is 2. The van der Waals surface area contributed by atoms with Crippen LogP contribution in [0.15, 0.2) is 36.7 Å². The number of methoxy groups -OCH3 is 1. The summed E-state index contributed by atoms with van der Waals surface area (Å²) in [5.41, 5.74) is 7.98. The molecule has 1 saturated heterocycles. The van der Waals surface area contributed by atoms with E-state index in [1.165, 1.54) is 0 Å². The quantitative estimate of drug-likeness (QED) is 0.673. The van der Waals surface area contributed by atoms with E-state index >= 15 is 0 Å². The van der Waals surface area contributed by atoms with E-state index in [1.54, 1.807) is 25.4 Å². The molecule has 9 heteroatoms. The van der Waals surface area contributed by atoms with E-state index < -0.39 is 5.60 Å². The van der Waals surface area contributed by atoms with Gasteiger partial charge in [0.2, 0.25) is 0 Å². The van der Waals surface area contributed by atoms with Gasteiger partial charge in [0.1, 0.15) is 17.3 Å². The number of hydrogen-bond acceptors (Lipinski definition) is 7. The Kier molecular flexibility index (Phi) is 5.68.